The molecule has 0 amide bonds. The molecule has 0 saturated carbocycles. The number of carbonyl (C=O) groups excluding carboxylic acids is 1. The third-order valence-corrected chi connectivity index (χ3v) is 2.73. The maximum Gasteiger partial charge on any atom is 0.317 e. The SMILES string of the molecule is COc1cccc(C=CC(=O)O[Si](C)(C)C)c1. The van der Waals surface area contributed by atoms with Crippen LogP contribution < -0.4 is 4.74 Å². The highest BCUT2D eigenvalue weighted by Crippen LogP contribution is 2.14. The molecule has 4 heteroatoms. The Morgan fingerprint density at radius 3 is 2.59 bits per heavy atom. The fourth-order valence-electron chi connectivity index (χ4n) is 1.25. The Bertz CT molecular complexity index is 419. The topological polar surface area (TPSA) is 35.5 Å². The minimum Gasteiger partial charge on any atom is -0.517 e. The fraction of sp³-hybridized carbons (Fsp3) is 0.308. The molecule has 0 N–H and O–H groups in total. The number of hydrogen-bond acceptors (Lipinski definition) is 3. The molecule has 1 aromatic rings. The molecule has 0 aliphatic carbocycles. The lowest BCUT2D eigenvalue weighted by Crippen LogP contribution is -2.28. The van der Waals surface area contributed by atoms with Gasteiger partial charge in [0.15, 0.2) is 0 Å². The van der Waals surface area contributed by atoms with Crippen LogP contribution in [0.2, 0.25) is 19.6 Å². The Hall–Kier alpha value is -1.55. The molecule has 0 aliphatic heterocycles. The summed E-state index contributed by atoms with van der Waals surface area (Å²) < 4.78 is 10.4. The first-order chi connectivity index (χ1) is 7.90. The lowest BCUT2D eigenvalue weighted by molar-refractivity contribution is -0.129. The van der Waals surface area contributed by atoms with Crippen molar-refractivity contribution < 1.29 is 14.0 Å². The van der Waals surface area contributed by atoms with Gasteiger partial charge in [0.25, 0.3) is 0 Å². The van der Waals surface area contributed by atoms with Crippen molar-refractivity contribution >= 4 is 20.4 Å². The van der Waals surface area contributed by atoms with E-state index >= 15 is 0 Å². The summed E-state index contributed by atoms with van der Waals surface area (Å²) in [4.78, 5) is 11.5. The molecule has 0 aromatic heterocycles. The number of methoxy groups -OCH3 is 1. The van der Waals surface area contributed by atoms with Gasteiger partial charge in [0.1, 0.15) is 5.75 Å². The van der Waals surface area contributed by atoms with Crippen LogP contribution in [0.4, 0.5) is 0 Å². The smallest absolute Gasteiger partial charge is 0.317 e. The average Bonchev–Trinajstić information content (AvgIpc) is 2.24. The Morgan fingerprint density at radius 1 is 1.29 bits per heavy atom. The van der Waals surface area contributed by atoms with Gasteiger partial charge in [0.2, 0.25) is 8.32 Å². The second kappa shape index (κ2) is 5.68. The molecule has 0 heterocycles. The first kappa shape index (κ1) is 13.5. The summed E-state index contributed by atoms with van der Waals surface area (Å²) in [6, 6.07) is 7.50. The Kier molecular flexibility index (Phi) is 4.51. The first-order valence-electron chi connectivity index (χ1n) is 5.46. The molecule has 1 rings (SSSR count). The van der Waals surface area contributed by atoms with E-state index in [0.717, 1.165) is 11.3 Å². The van der Waals surface area contributed by atoms with Gasteiger partial charge in [-0.3, -0.25) is 0 Å². The van der Waals surface area contributed by atoms with Crippen molar-refractivity contribution in [2.45, 2.75) is 19.6 Å². The molecule has 0 spiro atoms. The molecule has 17 heavy (non-hydrogen) atoms. The van der Waals surface area contributed by atoms with Gasteiger partial charge in [0.05, 0.1) is 7.11 Å². The number of ether oxygens (including phenoxy) is 1. The van der Waals surface area contributed by atoms with Crippen LogP contribution in [-0.4, -0.2) is 21.4 Å². The predicted octanol–water partition coefficient (Wildman–Crippen LogP) is 3.09. The molecule has 0 unspecified atom stereocenters. The van der Waals surface area contributed by atoms with Gasteiger partial charge in [-0.15, -0.1) is 0 Å². The Balaban J connectivity index is 2.67. The van der Waals surface area contributed by atoms with E-state index in [1.54, 1.807) is 13.2 Å². The van der Waals surface area contributed by atoms with E-state index in [1.807, 2.05) is 43.9 Å². The summed E-state index contributed by atoms with van der Waals surface area (Å²) in [5.74, 6) is 0.484. The summed E-state index contributed by atoms with van der Waals surface area (Å²) in [5, 5.41) is 0. The van der Waals surface area contributed by atoms with Gasteiger partial charge >= 0.3 is 5.97 Å². The predicted molar refractivity (Wildman–Crippen MR) is 71.5 cm³/mol. The third-order valence-electron chi connectivity index (χ3n) is 1.91. The highest BCUT2D eigenvalue weighted by atomic mass is 28.4. The third kappa shape index (κ3) is 5.35. The van der Waals surface area contributed by atoms with Gasteiger partial charge < -0.3 is 9.16 Å². The zero-order chi connectivity index (χ0) is 12.9. The summed E-state index contributed by atoms with van der Waals surface area (Å²) >= 11 is 0. The molecule has 1 aromatic carbocycles. The lowest BCUT2D eigenvalue weighted by atomic mass is 10.2. The first-order valence-corrected chi connectivity index (χ1v) is 8.87. The molecule has 92 valence electrons. The van der Waals surface area contributed by atoms with Crippen LogP contribution in [0.25, 0.3) is 6.08 Å². The summed E-state index contributed by atoms with van der Waals surface area (Å²) in [6.07, 6.45) is 3.18. The van der Waals surface area contributed by atoms with Gasteiger partial charge in [0, 0.05) is 6.08 Å². The van der Waals surface area contributed by atoms with Crippen LogP contribution in [0.5, 0.6) is 5.75 Å². The van der Waals surface area contributed by atoms with E-state index in [0.29, 0.717) is 0 Å². The van der Waals surface area contributed by atoms with E-state index in [2.05, 4.69) is 0 Å². The van der Waals surface area contributed by atoms with Crippen molar-refractivity contribution in [2.75, 3.05) is 7.11 Å². The van der Waals surface area contributed by atoms with Crippen LogP contribution in [0.1, 0.15) is 5.56 Å². The monoisotopic (exact) mass is 250 g/mol. The molecule has 0 aliphatic rings. The standard InChI is InChI=1S/C13H18O3Si/c1-15-12-7-5-6-11(10-12)8-9-13(14)16-17(2,3)4/h5-10H,1-4H3. The number of carbonyl (C=O) groups is 1. The van der Waals surface area contributed by atoms with E-state index in [1.165, 1.54) is 6.08 Å². The van der Waals surface area contributed by atoms with Crippen molar-refractivity contribution in [3.05, 3.63) is 35.9 Å². The normalized spacial score (nSPS) is 11.5. The van der Waals surface area contributed by atoms with E-state index in [-0.39, 0.29) is 5.97 Å². The summed E-state index contributed by atoms with van der Waals surface area (Å²) in [5.41, 5.74) is 0.914. The maximum absolute atomic E-state index is 11.5. The molecule has 0 bridgehead atoms. The van der Waals surface area contributed by atoms with Gasteiger partial charge in [-0.25, -0.2) is 4.79 Å². The number of rotatable bonds is 4. The van der Waals surface area contributed by atoms with E-state index < -0.39 is 8.32 Å². The van der Waals surface area contributed by atoms with Crippen molar-refractivity contribution in [3.8, 4) is 5.75 Å². The zero-order valence-corrected chi connectivity index (χ0v) is 11.7. The van der Waals surface area contributed by atoms with Gasteiger partial charge in [-0.05, 0) is 43.4 Å². The van der Waals surface area contributed by atoms with Crippen LogP contribution >= 0.6 is 0 Å². The van der Waals surface area contributed by atoms with Crippen molar-refractivity contribution in [1.29, 1.82) is 0 Å². The molecule has 3 nitrogen and oxygen atoms in total. The van der Waals surface area contributed by atoms with E-state index in [9.17, 15) is 4.79 Å². The fourth-order valence-corrected chi connectivity index (χ4v) is 1.92. The van der Waals surface area contributed by atoms with Crippen LogP contribution in [0.15, 0.2) is 30.3 Å². The Labute approximate surface area is 103 Å². The average molecular weight is 250 g/mol. The van der Waals surface area contributed by atoms with Crippen molar-refractivity contribution in [1.82, 2.24) is 0 Å². The second-order valence-electron chi connectivity index (χ2n) is 4.64. The second-order valence-corrected chi connectivity index (χ2v) is 9.07. The zero-order valence-electron chi connectivity index (χ0n) is 10.7. The minimum absolute atomic E-state index is 0.285. The molecular weight excluding hydrogens is 232 g/mol. The molecule has 0 fully saturated rings. The summed E-state index contributed by atoms with van der Waals surface area (Å²) in [6.45, 7) is 5.93. The molecule has 0 radical (unpaired) electrons. The van der Waals surface area contributed by atoms with Gasteiger partial charge in [-0.2, -0.15) is 0 Å². The molecule has 0 atom stereocenters. The number of benzene rings is 1. The molecular formula is C13H18O3Si. The van der Waals surface area contributed by atoms with E-state index in [4.69, 9.17) is 9.16 Å². The van der Waals surface area contributed by atoms with Crippen molar-refractivity contribution in [2.24, 2.45) is 0 Å². The van der Waals surface area contributed by atoms with Gasteiger partial charge in [-0.1, -0.05) is 12.1 Å². The Morgan fingerprint density at radius 2 is 2.00 bits per heavy atom. The summed E-state index contributed by atoms with van der Waals surface area (Å²) in [7, 11) is -0.188. The largest absolute Gasteiger partial charge is 0.517 e. The van der Waals surface area contributed by atoms with Crippen LogP contribution in [-0.2, 0) is 9.22 Å². The van der Waals surface area contributed by atoms with Crippen LogP contribution in [0, 0.1) is 0 Å². The highest BCUT2D eigenvalue weighted by Gasteiger charge is 2.18. The lowest BCUT2D eigenvalue weighted by Gasteiger charge is -2.15. The number of hydrogen-bond donors (Lipinski definition) is 0. The highest BCUT2D eigenvalue weighted by molar-refractivity contribution is 6.71. The minimum atomic E-state index is -1.80. The quantitative estimate of drug-likeness (QED) is 0.608. The molecule has 0 saturated heterocycles. The van der Waals surface area contributed by atoms with Crippen LogP contribution in [0.3, 0.4) is 0 Å². The maximum atomic E-state index is 11.5. The van der Waals surface area contributed by atoms with Crippen molar-refractivity contribution in [3.63, 3.8) is 0 Å².